The summed E-state index contributed by atoms with van der Waals surface area (Å²) in [6.45, 7) is 12.5. The Kier molecular flexibility index (Phi) is 7.05. The number of rotatable bonds is 6. The summed E-state index contributed by atoms with van der Waals surface area (Å²) in [7, 11) is 0. The van der Waals surface area contributed by atoms with Crippen LogP contribution in [0.3, 0.4) is 0 Å². The monoisotopic (exact) mass is 432 g/mol. The SMILES string of the molecule is CC[C@H](C)C(=O)OC1CC(C)C=C2C=C[C@H](C)[C@H](CC[C@]3(C)C[C@@H](O)CC(=O)O3)[C@]21C. The summed E-state index contributed by atoms with van der Waals surface area (Å²) >= 11 is 0. The Balaban J connectivity index is 1.86. The molecule has 0 aromatic carbocycles. The van der Waals surface area contributed by atoms with Gasteiger partial charge in [-0.25, -0.2) is 0 Å². The third-order valence-electron chi connectivity index (χ3n) is 8.01. The van der Waals surface area contributed by atoms with Gasteiger partial charge in [-0.15, -0.1) is 0 Å². The molecule has 0 bridgehead atoms. The first-order valence-corrected chi connectivity index (χ1v) is 12.0. The zero-order chi connectivity index (χ0) is 23.0. The number of hydrogen-bond donors (Lipinski definition) is 1. The van der Waals surface area contributed by atoms with Crippen LogP contribution in [0.1, 0.15) is 80.1 Å². The summed E-state index contributed by atoms with van der Waals surface area (Å²) in [5, 5.41) is 10.1. The maximum absolute atomic E-state index is 12.7. The van der Waals surface area contributed by atoms with E-state index in [4.69, 9.17) is 9.47 Å². The summed E-state index contributed by atoms with van der Waals surface area (Å²) in [5.41, 5.74) is 0.320. The number of fused-ring (bicyclic) bond motifs is 1. The van der Waals surface area contributed by atoms with E-state index < -0.39 is 11.7 Å². The van der Waals surface area contributed by atoms with Crippen molar-refractivity contribution in [2.24, 2.45) is 29.1 Å². The van der Waals surface area contributed by atoms with E-state index in [1.165, 1.54) is 5.57 Å². The lowest BCUT2D eigenvalue weighted by Gasteiger charge is -2.52. The predicted molar refractivity (Wildman–Crippen MR) is 120 cm³/mol. The second kappa shape index (κ2) is 9.09. The van der Waals surface area contributed by atoms with E-state index >= 15 is 0 Å². The molecule has 31 heavy (non-hydrogen) atoms. The fourth-order valence-corrected chi connectivity index (χ4v) is 5.84. The average Bonchev–Trinajstić information content (AvgIpc) is 2.67. The number of allylic oxidation sites excluding steroid dienone is 3. The number of cyclic esters (lactones) is 1. The van der Waals surface area contributed by atoms with Crippen LogP contribution in [0.4, 0.5) is 0 Å². The molecular weight excluding hydrogens is 392 g/mol. The fraction of sp³-hybridized carbons (Fsp3) is 0.769. The van der Waals surface area contributed by atoms with Gasteiger partial charge in [-0.1, -0.05) is 52.8 Å². The summed E-state index contributed by atoms with van der Waals surface area (Å²) in [4.78, 5) is 24.7. The minimum atomic E-state index is -0.652. The number of aliphatic hydroxyl groups excluding tert-OH is 1. The Morgan fingerprint density at radius 1 is 1.35 bits per heavy atom. The van der Waals surface area contributed by atoms with Crippen molar-refractivity contribution in [2.75, 3.05) is 0 Å². The van der Waals surface area contributed by atoms with Crippen molar-refractivity contribution in [3.05, 3.63) is 23.8 Å². The molecule has 2 unspecified atom stereocenters. The average molecular weight is 433 g/mol. The van der Waals surface area contributed by atoms with Gasteiger partial charge in [0, 0.05) is 11.8 Å². The van der Waals surface area contributed by atoms with Gasteiger partial charge >= 0.3 is 11.9 Å². The van der Waals surface area contributed by atoms with Crippen LogP contribution in [0.2, 0.25) is 0 Å². The van der Waals surface area contributed by atoms with Crippen LogP contribution in [-0.4, -0.2) is 34.9 Å². The van der Waals surface area contributed by atoms with Gasteiger partial charge in [-0.3, -0.25) is 9.59 Å². The van der Waals surface area contributed by atoms with Gasteiger partial charge in [0.15, 0.2) is 0 Å². The summed E-state index contributed by atoms with van der Waals surface area (Å²) in [6, 6.07) is 0. The Morgan fingerprint density at radius 2 is 2.06 bits per heavy atom. The van der Waals surface area contributed by atoms with Gasteiger partial charge < -0.3 is 14.6 Å². The maximum Gasteiger partial charge on any atom is 0.308 e. The molecule has 0 saturated carbocycles. The molecule has 1 aliphatic heterocycles. The van der Waals surface area contributed by atoms with Crippen LogP contribution < -0.4 is 0 Å². The maximum atomic E-state index is 12.7. The molecule has 1 fully saturated rings. The molecule has 1 N–H and O–H groups in total. The normalized spacial score (nSPS) is 41.1. The van der Waals surface area contributed by atoms with Crippen LogP contribution in [0, 0.1) is 29.1 Å². The van der Waals surface area contributed by atoms with Gasteiger partial charge in [0.25, 0.3) is 0 Å². The molecule has 8 atom stereocenters. The first kappa shape index (κ1) is 24.0. The molecule has 174 valence electrons. The van der Waals surface area contributed by atoms with E-state index in [0.29, 0.717) is 24.7 Å². The first-order chi connectivity index (χ1) is 14.5. The van der Waals surface area contributed by atoms with E-state index in [0.717, 1.165) is 19.3 Å². The lowest BCUT2D eigenvalue weighted by molar-refractivity contribution is -0.176. The number of carbonyl (C=O) groups excluding carboxylic acids is 2. The molecule has 0 spiro atoms. The quantitative estimate of drug-likeness (QED) is 0.600. The summed E-state index contributed by atoms with van der Waals surface area (Å²) in [6.07, 6.45) is 9.65. The van der Waals surface area contributed by atoms with Crippen LogP contribution in [0.5, 0.6) is 0 Å². The van der Waals surface area contributed by atoms with Crippen LogP contribution in [-0.2, 0) is 19.1 Å². The highest BCUT2D eigenvalue weighted by atomic mass is 16.6. The van der Waals surface area contributed by atoms with Gasteiger partial charge in [-0.2, -0.15) is 0 Å². The second-order valence-corrected chi connectivity index (χ2v) is 10.7. The first-order valence-electron chi connectivity index (χ1n) is 12.0. The topological polar surface area (TPSA) is 72.8 Å². The summed E-state index contributed by atoms with van der Waals surface area (Å²) in [5.74, 6) is 0.374. The van der Waals surface area contributed by atoms with Crippen molar-refractivity contribution < 1.29 is 24.2 Å². The van der Waals surface area contributed by atoms with Crippen molar-refractivity contribution in [3.8, 4) is 0 Å². The molecule has 1 heterocycles. The lowest BCUT2D eigenvalue weighted by atomic mass is 9.55. The van der Waals surface area contributed by atoms with Crippen molar-refractivity contribution in [1.29, 1.82) is 0 Å². The number of ether oxygens (including phenoxy) is 2. The zero-order valence-corrected chi connectivity index (χ0v) is 20.0. The molecule has 0 aromatic heterocycles. The molecule has 0 radical (unpaired) electrons. The minimum absolute atomic E-state index is 0.0777. The molecule has 2 aliphatic carbocycles. The zero-order valence-electron chi connectivity index (χ0n) is 20.0. The third kappa shape index (κ3) is 4.92. The van der Waals surface area contributed by atoms with Gasteiger partial charge in [0.1, 0.15) is 11.7 Å². The molecule has 0 amide bonds. The van der Waals surface area contributed by atoms with Gasteiger partial charge in [-0.05, 0) is 55.9 Å². The molecule has 5 nitrogen and oxygen atoms in total. The number of aliphatic hydroxyl groups is 1. The van der Waals surface area contributed by atoms with Crippen LogP contribution in [0.25, 0.3) is 0 Å². The smallest absolute Gasteiger partial charge is 0.308 e. The number of esters is 2. The Hall–Kier alpha value is -1.62. The van der Waals surface area contributed by atoms with E-state index in [1.807, 2.05) is 20.8 Å². The lowest BCUT2D eigenvalue weighted by Crippen LogP contribution is -2.50. The molecule has 3 aliphatic rings. The van der Waals surface area contributed by atoms with Gasteiger partial charge in [0.05, 0.1) is 18.4 Å². The Bertz CT molecular complexity index is 755. The van der Waals surface area contributed by atoms with Crippen molar-refractivity contribution in [1.82, 2.24) is 0 Å². The predicted octanol–water partition coefficient (Wildman–Crippen LogP) is 4.98. The van der Waals surface area contributed by atoms with Crippen LogP contribution in [0.15, 0.2) is 23.8 Å². The molecule has 1 saturated heterocycles. The highest BCUT2D eigenvalue weighted by molar-refractivity contribution is 5.72. The minimum Gasteiger partial charge on any atom is -0.461 e. The highest BCUT2D eigenvalue weighted by Gasteiger charge is 2.52. The number of hydrogen-bond acceptors (Lipinski definition) is 5. The van der Waals surface area contributed by atoms with E-state index in [1.54, 1.807) is 0 Å². The highest BCUT2D eigenvalue weighted by Crippen LogP contribution is 2.54. The molecule has 5 heteroatoms. The molecular formula is C26H40O5. The van der Waals surface area contributed by atoms with E-state index in [-0.39, 0.29) is 41.7 Å². The Morgan fingerprint density at radius 3 is 2.71 bits per heavy atom. The second-order valence-electron chi connectivity index (χ2n) is 10.7. The van der Waals surface area contributed by atoms with E-state index in [2.05, 4.69) is 39.0 Å². The Labute approximate surface area is 187 Å². The van der Waals surface area contributed by atoms with E-state index in [9.17, 15) is 14.7 Å². The fourth-order valence-electron chi connectivity index (χ4n) is 5.84. The largest absolute Gasteiger partial charge is 0.461 e. The summed E-state index contributed by atoms with van der Waals surface area (Å²) < 4.78 is 11.9. The van der Waals surface area contributed by atoms with Crippen molar-refractivity contribution >= 4 is 11.9 Å². The number of carbonyl (C=O) groups is 2. The third-order valence-corrected chi connectivity index (χ3v) is 8.01. The van der Waals surface area contributed by atoms with Crippen LogP contribution >= 0.6 is 0 Å². The van der Waals surface area contributed by atoms with Crippen molar-refractivity contribution in [3.63, 3.8) is 0 Å². The standard InChI is InChI=1S/C26H40O5/c1-7-17(3)24(29)30-22-13-16(2)12-19-9-8-18(4)21(26(19,22)6)10-11-25(5)15-20(27)14-23(28)31-25/h8-9,12,16-18,20-22,27H,7,10-11,13-15H2,1-6H3/t16?,17-,18-,20-,21-,22?,25+,26-/m0/s1. The van der Waals surface area contributed by atoms with Gasteiger partial charge in [0.2, 0.25) is 0 Å². The molecule has 3 rings (SSSR count). The van der Waals surface area contributed by atoms with Crippen molar-refractivity contribution in [2.45, 2.75) is 97.9 Å². The molecule has 0 aromatic rings.